The number of hydrogen-bond donors (Lipinski definition) is 2. The normalized spacial score (nSPS) is 15.5. The van der Waals surface area contributed by atoms with E-state index < -0.39 is 20.2 Å². The van der Waals surface area contributed by atoms with Gasteiger partial charge >= 0.3 is 0 Å². The van der Waals surface area contributed by atoms with Crippen molar-refractivity contribution in [3.05, 3.63) is 73.2 Å². The van der Waals surface area contributed by atoms with Crippen LogP contribution in [-0.4, -0.2) is 73.6 Å². The summed E-state index contributed by atoms with van der Waals surface area (Å²) >= 11 is 0. The molecule has 0 amide bonds. The van der Waals surface area contributed by atoms with E-state index in [1.165, 1.54) is 41.0 Å². The Kier molecular flexibility index (Phi) is 7.49. The fourth-order valence-electron chi connectivity index (χ4n) is 4.40. The van der Waals surface area contributed by atoms with E-state index in [2.05, 4.69) is 20.0 Å². The molecule has 4 aromatic rings. The first-order valence-electron chi connectivity index (χ1n) is 12.4. The highest BCUT2D eigenvalue weighted by molar-refractivity contribution is 7.92. The van der Waals surface area contributed by atoms with Crippen LogP contribution in [0.1, 0.15) is 12.8 Å². The zero-order valence-electron chi connectivity index (χ0n) is 21.5. The predicted octanol–water partition coefficient (Wildman–Crippen LogP) is 3.18. The van der Waals surface area contributed by atoms with Gasteiger partial charge in [-0.1, -0.05) is 24.3 Å². The van der Waals surface area contributed by atoms with Crippen molar-refractivity contribution in [2.45, 2.75) is 23.8 Å². The smallest absolute Gasteiger partial charge is 0.281 e. The lowest BCUT2D eigenvalue weighted by Crippen LogP contribution is -2.46. The molecule has 11 nitrogen and oxygen atoms in total. The van der Waals surface area contributed by atoms with Crippen LogP contribution in [0.15, 0.2) is 78.1 Å². The number of aromatic nitrogens is 3. The van der Waals surface area contributed by atoms with E-state index in [0.717, 1.165) is 11.1 Å². The molecule has 13 heteroatoms. The Morgan fingerprint density at radius 3 is 2.33 bits per heavy atom. The number of hydrogen-bond acceptors (Lipinski definition) is 8. The average Bonchev–Trinajstić information content (AvgIpc) is 2.93. The van der Waals surface area contributed by atoms with Crippen LogP contribution in [0, 0.1) is 0 Å². The fraction of sp³-hybridized carbons (Fsp3) is 0.269. The van der Waals surface area contributed by atoms with Gasteiger partial charge in [0.15, 0.2) is 0 Å². The van der Waals surface area contributed by atoms with Gasteiger partial charge in [-0.15, -0.1) is 0 Å². The molecule has 0 unspecified atom stereocenters. The van der Waals surface area contributed by atoms with Crippen molar-refractivity contribution < 1.29 is 16.8 Å². The number of pyridine rings is 1. The summed E-state index contributed by atoms with van der Waals surface area (Å²) < 4.78 is 55.5. The summed E-state index contributed by atoms with van der Waals surface area (Å²) in [6.07, 6.45) is 6.11. The van der Waals surface area contributed by atoms with E-state index in [1.54, 1.807) is 36.7 Å². The van der Waals surface area contributed by atoms with Crippen LogP contribution in [0.4, 0.5) is 11.5 Å². The minimum Gasteiger partial charge on any atom is -0.366 e. The predicted molar refractivity (Wildman–Crippen MR) is 151 cm³/mol. The Bertz CT molecular complexity index is 1690. The number of nitrogens with one attached hydrogen (secondary N) is 2. The maximum absolute atomic E-state index is 12.7. The molecule has 2 aromatic heterocycles. The Hall–Kier alpha value is -3.65. The molecule has 1 aliphatic heterocycles. The highest BCUT2D eigenvalue weighted by Crippen LogP contribution is 2.27. The molecule has 1 saturated heterocycles. The van der Waals surface area contributed by atoms with E-state index in [9.17, 15) is 16.8 Å². The summed E-state index contributed by atoms with van der Waals surface area (Å²) in [6.45, 7) is 0.863. The summed E-state index contributed by atoms with van der Waals surface area (Å²) in [5, 5.41) is 3.39. The molecule has 3 heterocycles. The van der Waals surface area contributed by atoms with Gasteiger partial charge in [-0.2, -0.15) is 17.0 Å². The van der Waals surface area contributed by atoms with Gasteiger partial charge < -0.3 is 5.32 Å². The van der Waals surface area contributed by atoms with E-state index in [4.69, 9.17) is 4.98 Å². The second kappa shape index (κ2) is 10.8. The van der Waals surface area contributed by atoms with Gasteiger partial charge in [-0.05, 0) is 48.7 Å². The van der Waals surface area contributed by atoms with Crippen molar-refractivity contribution in [1.29, 1.82) is 0 Å². The molecule has 1 aliphatic rings. The second-order valence-corrected chi connectivity index (χ2v) is 13.3. The maximum atomic E-state index is 12.7. The Morgan fingerprint density at radius 1 is 0.872 bits per heavy atom. The molecule has 1 fully saturated rings. The zero-order valence-corrected chi connectivity index (χ0v) is 23.2. The molecule has 2 aromatic carbocycles. The largest absolute Gasteiger partial charge is 0.366 e. The summed E-state index contributed by atoms with van der Waals surface area (Å²) in [5.74, 6) is 0.607. The minimum atomic E-state index is -3.74. The summed E-state index contributed by atoms with van der Waals surface area (Å²) in [6, 6.07) is 15.6. The van der Waals surface area contributed by atoms with Crippen molar-refractivity contribution in [3.8, 4) is 11.1 Å². The number of piperidine rings is 1. The van der Waals surface area contributed by atoms with Crippen LogP contribution in [0.5, 0.6) is 0 Å². The third kappa shape index (κ3) is 6.01. The number of benzene rings is 2. The van der Waals surface area contributed by atoms with Crippen LogP contribution >= 0.6 is 0 Å². The van der Waals surface area contributed by atoms with Gasteiger partial charge in [0.05, 0.1) is 34.0 Å². The standard InChI is InChI=1S/C26H29N7O4S2/c1-32(2)39(36,37)33-12-10-21(11-13-33)29-26-18-28-24-9-8-19(15-25(24)30-26)20-14-22(17-27-16-20)31-38(34,35)23-6-4-3-5-7-23/h3-9,14-18,21,31H,10-13H2,1-2H3,(H,29,30). The Balaban J connectivity index is 1.31. The minimum absolute atomic E-state index is 0.0760. The quantitative estimate of drug-likeness (QED) is 0.331. The number of nitrogens with zero attached hydrogens (tertiary/aromatic N) is 5. The first-order valence-corrected chi connectivity index (χ1v) is 15.2. The lowest BCUT2D eigenvalue weighted by atomic mass is 10.1. The first-order chi connectivity index (χ1) is 18.6. The molecule has 0 saturated carbocycles. The molecule has 5 rings (SSSR count). The number of anilines is 2. The van der Waals surface area contributed by atoms with E-state index in [-0.39, 0.29) is 10.9 Å². The zero-order chi connectivity index (χ0) is 27.6. The van der Waals surface area contributed by atoms with Crippen molar-refractivity contribution in [1.82, 2.24) is 23.6 Å². The van der Waals surface area contributed by atoms with E-state index >= 15 is 0 Å². The van der Waals surface area contributed by atoms with Crippen LogP contribution in [0.2, 0.25) is 0 Å². The number of fused-ring (bicyclic) bond motifs is 1. The van der Waals surface area contributed by atoms with Crippen molar-refractivity contribution in [2.24, 2.45) is 0 Å². The number of sulfonamides is 1. The van der Waals surface area contributed by atoms with Gasteiger partial charge in [0, 0.05) is 45.0 Å². The molecule has 0 aliphatic carbocycles. The Labute approximate surface area is 228 Å². The van der Waals surface area contributed by atoms with Crippen molar-refractivity contribution >= 4 is 42.8 Å². The molecule has 2 N–H and O–H groups in total. The lowest BCUT2D eigenvalue weighted by Gasteiger charge is -2.33. The molecular weight excluding hydrogens is 538 g/mol. The summed E-state index contributed by atoms with van der Waals surface area (Å²) in [7, 11) is -4.09. The van der Waals surface area contributed by atoms with Gasteiger partial charge in [0.25, 0.3) is 20.2 Å². The maximum Gasteiger partial charge on any atom is 0.281 e. The van der Waals surface area contributed by atoms with Gasteiger partial charge in [0.2, 0.25) is 0 Å². The molecule has 0 bridgehead atoms. The Morgan fingerprint density at radius 2 is 1.62 bits per heavy atom. The third-order valence-electron chi connectivity index (χ3n) is 6.51. The molecule has 39 heavy (non-hydrogen) atoms. The van der Waals surface area contributed by atoms with Gasteiger partial charge in [0.1, 0.15) is 5.82 Å². The van der Waals surface area contributed by atoms with Crippen molar-refractivity contribution in [2.75, 3.05) is 37.2 Å². The molecule has 0 atom stereocenters. The summed E-state index contributed by atoms with van der Waals surface area (Å²) in [5.41, 5.74) is 3.26. The monoisotopic (exact) mass is 567 g/mol. The first kappa shape index (κ1) is 26.9. The van der Waals surface area contributed by atoms with Crippen LogP contribution in [-0.2, 0) is 20.2 Å². The van der Waals surface area contributed by atoms with E-state index in [1.807, 2.05) is 18.2 Å². The average molecular weight is 568 g/mol. The second-order valence-electron chi connectivity index (χ2n) is 9.45. The topological polar surface area (TPSA) is 137 Å². The van der Waals surface area contributed by atoms with E-state index in [0.29, 0.717) is 48.5 Å². The molecule has 0 radical (unpaired) electrons. The molecule has 204 valence electrons. The number of rotatable bonds is 8. The van der Waals surface area contributed by atoms with Crippen LogP contribution in [0.25, 0.3) is 22.2 Å². The lowest BCUT2D eigenvalue weighted by molar-refractivity contribution is 0.311. The van der Waals surface area contributed by atoms with Crippen LogP contribution < -0.4 is 10.0 Å². The highest BCUT2D eigenvalue weighted by Gasteiger charge is 2.29. The SMILES string of the molecule is CN(C)S(=O)(=O)N1CCC(Nc2cnc3ccc(-c4cncc(NS(=O)(=O)c5ccccc5)c4)cc3n2)CC1. The van der Waals surface area contributed by atoms with Gasteiger partial charge in [-0.25, -0.2) is 13.4 Å². The van der Waals surface area contributed by atoms with Crippen molar-refractivity contribution in [3.63, 3.8) is 0 Å². The van der Waals surface area contributed by atoms with Gasteiger partial charge in [-0.3, -0.25) is 14.7 Å². The summed E-state index contributed by atoms with van der Waals surface area (Å²) in [4.78, 5) is 13.6. The molecule has 0 spiro atoms. The molecular formula is C26H29N7O4S2. The third-order valence-corrected chi connectivity index (χ3v) is 9.85. The van der Waals surface area contributed by atoms with Crippen LogP contribution in [0.3, 0.4) is 0 Å². The fourth-order valence-corrected chi connectivity index (χ4v) is 6.59. The highest BCUT2D eigenvalue weighted by atomic mass is 32.2.